The van der Waals surface area contributed by atoms with Crippen molar-refractivity contribution in [3.05, 3.63) is 28.2 Å². The molecule has 0 bridgehead atoms. The number of ether oxygens (including phenoxy) is 1. The summed E-state index contributed by atoms with van der Waals surface area (Å²) >= 11 is 12.1. The van der Waals surface area contributed by atoms with Crippen LogP contribution in [0.1, 0.15) is 32.6 Å². The highest BCUT2D eigenvalue weighted by Crippen LogP contribution is 2.32. The van der Waals surface area contributed by atoms with Gasteiger partial charge in [-0.05, 0) is 37.9 Å². The van der Waals surface area contributed by atoms with E-state index in [0.717, 1.165) is 13.0 Å². The van der Waals surface area contributed by atoms with Gasteiger partial charge in [0, 0.05) is 12.6 Å². The molecule has 21 heavy (non-hydrogen) atoms. The van der Waals surface area contributed by atoms with Gasteiger partial charge in [-0.3, -0.25) is 4.90 Å². The summed E-state index contributed by atoms with van der Waals surface area (Å²) < 4.78 is 5.60. The van der Waals surface area contributed by atoms with Crippen LogP contribution in [0.5, 0.6) is 5.75 Å². The van der Waals surface area contributed by atoms with Crippen LogP contribution in [0, 0.1) is 0 Å². The van der Waals surface area contributed by atoms with Crippen molar-refractivity contribution in [1.82, 2.24) is 4.90 Å². The first-order valence-corrected chi connectivity index (χ1v) is 8.36. The molecule has 0 radical (unpaired) electrons. The fourth-order valence-electron chi connectivity index (χ4n) is 2.89. The van der Waals surface area contributed by atoms with E-state index in [9.17, 15) is 5.11 Å². The molecule has 2 rings (SSSR count). The van der Waals surface area contributed by atoms with Gasteiger partial charge in [0.25, 0.3) is 0 Å². The van der Waals surface area contributed by atoms with Crippen molar-refractivity contribution >= 4 is 23.2 Å². The van der Waals surface area contributed by atoms with Crippen LogP contribution in [-0.4, -0.2) is 41.8 Å². The Morgan fingerprint density at radius 1 is 1.33 bits per heavy atom. The molecule has 0 spiro atoms. The summed E-state index contributed by atoms with van der Waals surface area (Å²) in [4.78, 5) is 2.37. The van der Waals surface area contributed by atoms with Crippen molar-refractivity contribution in [2.24, 2.45) is 0 Å². The summed E-state index contributed by atoms with van der Waals surface area (Å²) in [5, 5.41) is 11.1. The zero-order valence-corrected chi connectivity index (χ0v) is 13.9. The summed E-state index contributed by atoms with van der Waals surface area (Å²) in [6, 6.07) is 5.81. The minimum absolute atomic E-state index is 0.205. The standard InChI is InChI=1S/C16H23Cl2NO2/c1-2-12-6-3-4-9-19(12)10-13(20)11-21-16-14(17)7-5-8-15(16)18/h5,7-8,12-13,20H,2-4,6,9-11H2,1H3/t12-,13+/m0/s1. The monoisotopic (exact) mass is 331 g/mol. The van der Waals surface area contributed by atoms with Gasteiger partial charge in [-0.25, -0.2) is 0 Å². The lowest BCUT2D eigenvalue weighted by atomic mass is 10.00. The molecule has 0 aromatic heterocycles. The number of aliphatic hydroxyl groups is 1. The third kappa shape index (κ3) is 4.75. The average molecular weight is 332 g/mol. The maximum Gasteiger partial charge on any atom is 0.156 e. The summed E-state index contributed by atoms with van der Waals surface area (Å²) in [7, 11) is 0. The predicted octanol–water partition coefficient (Wildman–Crippen LogP) is 4.00. The number of hydrogen-bond acceptors (Lipinski definition) is 3. The highest BCUT2D eigenvalue weighted by Gasteiger charge is 2.23. The lowest BCUT2D eigenvalue weighted by Crippen LogP contribution is -2.44. The molecule has 0 unspecified atom stereocenters. The van der Waals surface area contributed by atoms with Crippen LogP contribution in [0.15, 0.2) is 18.2 Å². The fraction of sp³-hybridized carbons (Fsp3) is 0.625. The first-order valence-electron chi connectivity index (χ1n) is 7.60. The lowest BCUT2D eigenvalue weighted by Gasteiger charge is -2.36. The van der Waals surface area contributed by atoms with Crippen LogP contribution in [0.25, 0.3) is 0 Å². The number of likely N-dealkylation sites (tertiary alicyclic amines) is 1. The van der Waals surface area contributed by atoms with Gasteiger partial charge in [0.1, 0.15) is 12.7 Å². The molecule has 1 aromatic carbocycles. The molecule has 1 N–H and O–H groups in total. The molecule has 1 aliphatic heterocycles. The quantitative estimate of drug-likeness (QED) is 0.855. The van der Waals surface area contributed by atoms with Crippen molar-refractivity contribution < 1.29 is 9.84 Å². The van der Waals surface area contributed by atoms with Gasteiger partial charge in [-0.2, -0.15) is 0 Å². The van der Waals surface area contributed by atoms with Crippen LogP contribution in [0.4, 0.5) is 0 Å². The number of nitrogens with zero attached hydrogens (tertiary/aromatic N) is 1. The number of halogens is 2. The SMILES string of the molecule is CC[C@H]1CCCCN1C[C@@H](O)COc1c(Cl)cccc1Cl. The van der Waals surface area contributed by atoms with Gasteiger partial charge >= 0.3 is 0 Å². The second kappa shape index (κ2) is 8.23. The fourth-order valence-corrected chi connectivity index (χ4v) is 3.39. The molecule has 1 aromatic rings. The molecule has 1 aliphatic rings. The van der Waals surface area contributed by atoms with Gasteiger partial charge in [-0.15, -0.1) is 0 Å². The van der Waals surface area contributed by atoms with Crippen molar-refractivity contribution in [3.8, 4) is 5.75 Å². The van der Waals surface area contributed by atoms with Crippen LogP contribution >= 0.6 is 23.2 Å². The van der Waals surface area contributed by atoms with E-state index in [2.05, 4.69) is 11.8 Å². The summed E-state index contributed by atoms with van der Waals surface area (Å²) in [5.74, 6) is 0.450. The number of piperidine rings is 1. The molecule has 0 aliphatic carbocycles. The molecular formula is C16H23Cl2NO2. The van der Waals surface area contributed by atoms with Crippen LogP contribution < -0.4 is 4.74 Å². The highest BCUT2D eigenvalue weighted by molar-refractivity contribution is 6.37. The van der Waals surface area contributed by atoms with E-state index in [0.29, 0.717) is 28.4 Å². The molecular weight excluding hydrogens is 309 g/mol. The van der Waals surface area contributed by atoms with E-state index in [4.69, 9.17) is 27.9 Å². The lowest BCUT2D eigenvalue weighted by molar-refractivity contribution is 0.0388. The zero-order valence-electron chi connectivity index (χ0n) is 12.4. The van der Waals surface area contributed by atoms with E-state index in [-0.39, 0.29) is 6.61 Å². The first-order chi connectivity index (χ1) is 10.1. The normalized spacial score (nSPS) is 21.2. The summed E-state index contributed by atoms with van der Waals surface area (Å²) in [5.41, 5.74) is 0. The third-order valence-corrected chi connectivity index (χ3v) is 4.60. The Labute approximate surface area is 136 Å². The van der Waals surface area contributed by atoms with Crippen LogP contribution in [0.3, 0.4) is 0 Å². The molecule has 3 nitrogen and oxygen atoms in total. The Bertz CT molecular complexity index is 436. The minimum Gasteiger partial charge on any atom is -0.488 e. The van der Waals surface area contributed by atoms with E-state index < -0.39 is 6.10 Å². The molecule has 0 amide bonds. The number of benzene rings is 1. The maximum atomic E-state index is 10.2. The molecule has 1 saturated heterocycles. The Hall–Kier alpha value is -0.480. The van der Waals surface area contributed by atoms with Gasteiger partial charge in [-0.1, -0.05) is 42.6 Å². The number of hydrogen-bond donors (Lipinski definition) is 1. The Balaban J connectivity index is 1.85. The van der Waals surface area contributed by atoms with Crippen molar-refractivity contribution in [2.75, 3.05) is 19.7 Å². The van der Waals surface area contributed by atoms with E-state index >= 15 is 0 Å². The molecule has 0 saturated carbocycles. The molecule has 2 atom stereocenters. The van der Waals surface area contributed by atoms with Gasteiger partial charge in [0.2, 0.25) is 0 Å². The van der Waals surface area contributed by atoms with Crippen molar-refractivity contribution in [2.45, 2.75) is 44.8 Å². The third-order valence-electron chi connectivity index (χ3n) is 4.00. The Morgan fingerprint density at radius 3 is 2.71 bits per heavy atom. The first kappa shape index (κ1) is 16.9. The largest absolute Gasteiger partial charge is 0.488 e. The Kier molecular flexibility index (Phi) is 6.62. The van der Waals surface area contributed by atoms with Crippen LogP contribution in [-0.2, 0) is 0 Å². The predicted molar refractivity (Wildman–Crippen MR) is 87.5 cm³/mol. The molecule has 1 fully saturated rings. The number of rotatable bonds is 6. The molecule has 1 heterocycles. The molecule has 118 valence electrons. The number of para-hydroxylation sites is 1. The van der Waals surface area contributed by atoms with Gasteiger partial charge in [0.15, 0.2) is 5.75 Å². The number of β-amino-alcohol motifs (C(OH)–C–C–N with tert-alkyl or cyclic N) is 1. The topological polar surface area (TPSA) is 32.7 Å². The zero-order chi connectivity index (χ0) is 15.2. The van der Waals surface area contributed by atoms with Crippen LogP contribution in [0.2, 0.25) is 10.0 Å². The smallest absolute Gasteiger partial charge is 0.156 e. The maximum absolute atomic E-state index is 10.2. The number of aliphatic hydroxyl groups excluding tert-OH is 1. The van der Waals surface area contributed by atoms with Gasteiger partial charge < -0.3 is 9.84 Å². The summed E-state index contributed by atoms with van der Waals surface area (Å²) in [6.45, 7) is 4.11. The van der Waals surface area contributed by atoms with E-state index in [1.54, 1.807) is 18.2 Å². The van der Waals surface area contributed by atoms with Gasteiger partial charge in [0.05, 0.1) is 10.0 Å². The summed E-state index contributed by atoms with van der Waals surface area (Å²) in [6.07, 6.45) is 4.31. The van der Waals surface area contributed by atoms with E-state index in [1.807, 2.05) is 0 Å². The average Bonchev–Trinajstić information content (AvgIpc) is 2.47. The molecule has 5 heteroatoms. The Morgan fingerprint density at radius 2 is 2.05 bits per heavy atom. The van der Waals surface area contributed by atoms with E-state index in [1.165, 1.54) is 19.3 Å². The second-order valence-corrected chi connectivity index (χ2v) is 6.38. The van der Waals surface area contributed by atoms with Crippen molar-refractivity contribution in [3.63, 3.8) is 0 Å². The minimum atomic E-state index is -0.538. The highest BCUT2D eigenvalue weighted by atomic mass is 35.5. The second-order valence-electron chi connectivity index (χ2n) is 5.57. The van der Waals surface area contributed by atoms with Crippen molar-refractivity contribution in [1.29, 1.82) is 0 Å².